The van der Waals surface area contributed by atoms with Crippen molar-refractivity contribution < 1.29 is 0 Å². The zero-order valence-electron chi connectivity index (χ0n) is 11.9. The highest BCUT2D eigenvalue weighted by Crippen LogP contribution is 2.29. The lowest BCUT2D eigenvalue weighted by Crippen LogP contribution is -2.26. The molecule has 2 heteroatoms. The van der Waals surface area contributed by atoms with E-state index in [0.717, 1.165) is 17.8 Å². The number of nitrogens with zero attached hydrogens (tertiary/aromatic N) is 2. The molecule has 94 valence electrons. The van der Waals surface area contributed by atoms with Crippen LogP contribution in [0.25, 0.3) is 0 Å². The molecule has 0 radical (unpaired) electrons. The molecule has 1 rings (SSSR count). The standard InChI is InChI=1S/C15H24N2/c1-12(13-9-7-8-10-16-13)17-15(5,6)11-14(2,3)4/h7-10H,11H2,1-6H3. The zero-order valence-corrected chi connectivity index (χ0v) is 11.9. The van der Waals surface area contributed by atoms with Crippen molar-refractivity contribution >= 4 is 5.71 Å². The predicted molar refractivity (Wildman–Crippen MR) is 74.6 cm³/mol. The SMILES string of the molecule is CC(=NC(C)(C)CC(C)(C)C)c1ccccn1. The molecule has 2 nitrogen and oxygen atoms in total. The van der Waals surface area contributed by atoms with E-state index in [1.807, 2.05) is 31.3 Å². The van der Waals surface area contributed by atoms with Gasteiger partial charge in [0, 0.05) is 6.20 Å². The van der Waals surface area contributed by atoms with Crippen LogP contribution in [0.15, 0.2) is 29.4 Å². The summed E-state index contributed by atoms with van der Waals surface area (Å²) in [5.74, 6) is 0. The number of pyridine rings is 1. The number of aliphatic imine (C=N–C) groups is 1. The summed E-state index contributed by atoms with van der Waals surface area (Å²) in [5.41, 5.74) is 2.23. The number of hydrogen-bond donors (Lipinski definition) is 0. The normalized spacial score (nSPS) is 13.9. The van der Waals surface area contributed by atoms with E-state index in [0.29, 0.717) is 0 Å². The first-order chi connectivity index (χ1) is 7.70. The average molecular weight is 232 g/mol. The molecule has 0 saturated heterocycles. The molecule has 1 heterocycles. The maximum absolute atomic E-state index is 4.82. The average Bonchev–Trinajstić information content (AvgIpc) is 2.14. The Kier molecular flexibility index (Phi) is 4.07. The summed E-state index contributed by atoms with van der Waals surface area (Å²) in [4.78, 5) is 9.15. The van der Waals surface area contributed by atoms with E-state index in [2.05, 4.69) is 39.6 Å². The van der Waals surface area contributed by atoms with Crippen LogP contribution >= 0.6 is 0 Å². The second-order valence-electron chi connectivity index (χ2n) is 6.46. The number of hydrogen-bond acceptors (Lipinski definition) is 2. The van der Waals surface area contributed by atoms with Crippen LogP contribution in [-0.4, -0.2) is 16.2 Å². The molecular weight excluding hydrogens is 208 g/mol. The molecule has 0 aliphatic rings. The Morgan fingerprint density at radius 1 is 1.18 bits per heavy atom. The maximum Gasteiger partial charge on any atom is 0.0837 e. The van der Waals surface area contributed by atoms with Gasteiger partial charge < -0.3 is 0 Å². The Hall–Kier alpha value is -1.18. The number of rotatable bonds is 3. The van der Waals surface area contributed by atoms with Crippen molar-refractivity contribution in [1.29, 1.82) is 0 Å². The van der Waals surface area contributed by atoms with Gasteiger partial charge in [0.25, 0.3) is 0 Å². The number of aromatic nitrogens is 1. The van der Waals surface area contributed by atoms with Crippen LogP contribution in [0.1, 0.15) is 53.7 Å². The molecule has 17 heavy (non-hydrogen) atoms. The maximum atomic E-state index is 4.82. The molecule has 0 saturated carbocycles. The smallest absolute Gasteiger partial charge is 0.0837 e. The molecule has 0 atom stereocenters. The van der Waals surface area contributed by atoms with Gasteiger partial charge in [0.2, 0.25) is 0 Å². The van der Waals surface area contributed by atoms with Gasteiger partial charge in [-0.1, -0.05) is 26.8 Å². The van der Waals surface area contributed by atoms with Crippen LogP contribution in [0.5, 0.6) is 0 Å². The van der Waals surface area contributed by atoms with Gasteiger partial charge in [-0.15, -0.1) is 0 Å². The van der Waals surface area contributed by atoms with Crippen LogP contribution in [0.2, 0.25) is 0 Å². The van der Waals surface area contributed by atoms with Crippen LogP contribution in [-0.2, 0) is 0 Å². The van der Waals surface area contributed by atoms with Crippen LogP contribution < -0.4 is 0 Å². The highest BCUT2D eigenvalue weighted by atomic mass is 14.9. The van der Waals surface area contributed by atoms with E-state index in [4.69, 9.17) is 4.99 Å². The molecule has 0 aromatic carbocycles. The van der Waals surface area contributed by atoms with Crippen molar-refractivity contribution in [3.8, 4) is 0 Å². The Morgan fingerprint density at radius 3 is 2.29 bits per heavy atom. The Labute approximate surface area is 105 Å². The van der Waals surface area contributed by atoms with Crippen molar-refractivity contribution in [1.82, 2.24) is 4.98 Å². The Morgan fingerprint density at radius 2 is 1.82 bits per heavy atom. The third-order valence-corrected chi connectivity index (χ3v) is 2.47. The monoisotopic (exact) mass is 232 g/mol. The van der Waals surface area contributed by atoms with Crippen molar-refractivity contribution in [3.63, 3.8) is 0 Å². The van der Waals surface area contributed by atoms with Gasteiger partial charge in [0.05, 0.1) is 16.9 Å². The lowest BCUT2D eigenvalue weighted by atomic mass is 9.82. The zero-order chi connectivity index (χ0) is 13.1. The van der Waals surface area contributed by atoms with E-state index in [-0.39, 0.29) is 11.0 Å². The summed E-state index contributed by atoms with van der Waals surface area (Å²) in [6.45, 7) is 13.2. The molecule has 0 spiro atoms. The van der Waals surface area contributed by atoms with E-state index >= 15 is 0 Å². The molecule has 0 bridgehead atoms. The highest BCUT2D eigenvalue weighted by molar-refractivity contribution is 5.97. The molecule has 0 unspecified atom stereocenters. The largest absolute Gasteiger partial charge is 0.282 e. The van der Waals surface area contributed by atoms with Gasteiger partial charge in [-0.2, -0.15) is 0 Å². The minimum Gasteiger partial charge on any atom is -0.282 e. The topological polar surface area (TPSA) is 25.2 Å². The highest BCUT2D eigenvalue weighted by Gasteiger charge is 2.24. The van der Waals surface area contributed by atoms with Crippen molar-refractivity contribution in [3.05, 3.63) is 30.1 Å². The second kappa shape index (κ2) is 4.99. The first-order valence-electron chi connectivity index (χ1n) is 6.17. The molecule has 0 amide bonds. The second-order valence-corrected chi connectivity index (χ2v) is 6.46. The quantitative estimate of drug-likeness (QED) is 0.720. The summed E-state index contributed by atoms with van der Waals surface area (Å²) < 4.78 is 0. The van der Waals surface area contributed by atoms with E-state index in [1.54, 1.807) is 0 Å². The van der Waals surface area contributed by atoms with Gasteiger partial charge in [0.1, 0.15) is 0 Å². The van der Waals surface area contributed by atoms with Gasteiger partial charge in [0.15, 0.2) is 0 Å². The first-order valence-corrected chi connectivity index (χ1v) is 6.17. The van der Waals surface area contributed by atoms with E-state index in [1.165, 1.54) is 0 Å². The summed E-state index contributed by atoms with van der Waals surface area (Å²) in [5, 5.41) is 0. The third-order valence-electron chi connectivity index (χ3n) is 2.47. The van der Waals surface area contributed by atoms with Crippen LogP contribution in [0.3, 0.4) is 0 Å². The summed E-state index contributed by atoms with van der Waals surface area (Å²) >= 11 is 0. The molecule has 1 aromatic rings. The fraction of sp³-hybridized carbons (Fsp3) is 0.600. The molecule has 1 aromatic heterocycles. The lowest BCUT2D eigenvalue weighted by Gasteiger charge is -2.29. The van der Waals surface area contributed by atoms with Gasteiger partial charge >= 0.3 is 0 Å². The molecule has 0 N–H and O–H groups in total. The van der Waals surface area contributed by atoms with Gasteiger partial charge in [-0.3, -0.25) is 9.98 Å². The summed E-state index contributed by atoms with van der Waals surface area (Å²) in [6.07, 6.45) is 2.87. The minimum absolute atomic E-state index is 0.0418. The molecule has 0 fully saturated rings. The van der Waals surface area contributed by atoms with E-state index in [9.17, 15) is 0 Å². The van der Waals surface area contributed by atoms with Crippen molar-refractivity contribution in [2.24, 2.45) is 10.4 Å². The molecule has 0 aliphatic heterocycles. The van der Waals surface area contributed by atoms with Crippen LogP contribution in [0, 0.1) is 5.41 Å². The van der Waals surface area contributed by atoms with Gasteiger partial charge in [-0.25, -0.2) is 0 Å². The Balaban J connectivity index is 2.88. The summed E-state index contributed by atoms with van der Waals surface area (Å²) in [6, 6.07) is 5.93. The van der Waals surface area contributed by atoms with Gasteiger partial charge in [-0.05, 0) is 44.7 Å². The predicted octanol–water partition coefficient (Wildman–Crippen LogP) is 4.11. The van der Waals surface area contributed by atoms with E-state index < -0.39 is 0 Å². The van der Waals surface area contributed by atoms with Crippen LogP contribution in [0.4, 0.5) is 0 Å². The van der Waals surface area contributed by atoms with Crippen molar-refractivity contribution in [2.75, 3.05) is 0 Å². The van der Waals surface area contributed by atoms with Crippen molar-refractivity contribution in [2.45, 2.75) is 53.5 Å². The third kappa shape index (κ3) is 5.12. The first kappa shape index (κ1) is 13.9. The molecular formula is C15H24N2. The summed E-state index contributed by atoms with van der Waals surface area (Å²) in [7, 11) is 0. The lowest BCUT2D eigenvalue weighted by molar-refractivity contribution is 0.288. The Bertz CT molecular complexity index is 383. The minimum atomic E-state index is -0.0418. The molecule has 0 aliphatic carbocycles. The fourth-order valence-electron chi connectivity index (χ4n) is 2.43. The fourth-order valence-corrected chi connectivity index (χ4v) is 2.43.